The van der Waals surface area contributed by atoms with Crippen LogP contribution in [0.3, 0.4) is 0 Å². The second-order valence-corrected chi connectivity index (χ2v) is 6.35. The smallest absolute Gasteiger partial charge is 0.186 e. The van der Waals surface area contributed by atoms with Crippen LogP contribution in [0.2, 0.25) is 0 Å². The molecule has 17 heavy (non-hydrogen) atoms. The van der Waals surface area contributed by atoms with Gasteiger partial charge in [0.05, 0.1) is 27.2 Å². The Morgan fingerprint density at radius 1 is 1.65 bits per heavy atom. The van der Waals surface area contributed by atoms with E-state index in [4.69, 9.17) is 5.26 Å². The van der Waals surface area contributed by atoms with Gasteiger partial charge in [-0.3, -0.25) is 9.69 Å². The van der Waals surface area contributed by atoms with Gasteiger partial charge in [-0.2, -0.15) is 5.26 Å². The van der Waals surface area contributed by atoms with Gasteiger partial charge in [-0.1, -0.05) is 6.92 Å². The number of carbonyl (C=O) groups excluding carboxylic acids is 1. The van der Waals surface area contributed by atoms with Crippen LogP contribution in [0.1, 0.15) is 23.5 Å². The minimum atomic E-state index is -0.0437. The van der Waals surface area contributed by atoms with Crippen molar-refractivity contribution in [3.63, 3.8) is 0 Å². The van der Waals surface area contributed by atoms with E-state index in [9.17, 15) is 4.79 Å². The molecule has 0 aromatic carbocycles. The first-order valence-corrected chi connectivity index (χ1v) is 7.08. The van der Waals surface area contributed by atoms with Gasteiger partial charge in [0.15, 0.2) is 5.78 Å². The van der Waals surface area contributed by atoms with Gasteiger partial charge < -0.3 is 0 Å². The molecule has 1 unspecified atom stereocenters. The summed E-state index contributed by atoms with van der Waals surface area (Å²) in [5.41, 5.74) is 0. The van der Waals surface area contributed by atoms with Crippen LogP contribution in [-0.4, -0.2) is 30.3 Å². The molecule has 0 spiro atoms. The molecule has 0 saturated carbocycles. The van der Waals surface area contributed by atoms with Crippen molar-refractivity contribution in [2.24, 2.45) is 5.92 Å². The molecule has 0 aliphatic rings. The first-order chi connectivity index (χ1) is 8.06. The zero-order valence-electron chi connectivity index (χ0n) is 9.94. The summed E-state index contributed by atoms with van der Waals surface area (Å²) in [7, 11) is 0. The minimum Gasteiger partial charge on any atom is -0.295 e. The molecule has 1 atom stereocenters. The van der Waals surface area contributed by atoms with E-state index >= 15 is 0 Å². The average molecular weight is 315 g/mol. The van der Waals surface area contributed by atoms with Crippen molar-refractivity contribution in [1.82, 2.24) is 4.90 Å². The van der Waals surface area contributed by atoms with E-state index < -0.39 is 0 Å². The molecule has 1 rings (SSSR count). The average Bonchev–Trinajstić information content (AvgIpc) is 2.74. The van der Waals surface area contributed by atoms with Crippen LogP contribution in [0.25, 0.3) is 0 Å². The zero-order chi connectivity index (χ0) is 12.8. The van der Waals surface area contributed by atoms with E-state index in [1.807, 2.05) is 30.9 Å². The standard InChI is InChI=1S/C12H15BrN2OS/c1-3-15(7-9(2)6-14)8-10(16)11-4-5-12(13)17-11/h4-5,9H,3,7-8H2,1-2H3. The highest BCUT2D eigenvalue weighted by Crippen LogP contribution is 2.22. The number of carbonyl (C=O) groups is 1. The van der Waals surface area contributed by atoms with Gasteiger partial charge in [-0.25, -0.2) is 0 Å². The van der Waals surface area contributed by atoms with Gasteiger partial charge in [0, 0.05) is 6.54 Å². The third kappa shape index (κ3) is 4.58. The molecule has 1 aromatic heterocycles. The minimum absolute atomic E-state index is 0.0437. The molecule has 0 amide bonds. The maximum absolute atomic E-state index is 12.0. The molecule has 0 radical (unpaired) electrons. The van der Waals surface area contributed by atoms with E-state index in [-0.39, 0.29) is 11.7 Å². The Morgan fingerprint density at radius 3 is 2.82 bits per heavy atom. The molecule has 1 heterocycles. The Hall–Kier alpha value is -0.700. The van der Waals surface area contributed by atoms with Crippen molar-refractivity contribution in [2.45, 2.75) is 13.8 Å². The summed E-state index contributed by atoms with van der Waals surface area (Å²) in [6, 6.07) is 5.90. The largest absolute Gasteiger partial charge is 0.295 e. The maximum Gasteiger partial charge on any atom is 0.186 e. The molecule has 0 aliphatic carbocycles. The number of Topliss-reactive ketones (excluding diaryl/α,β-unsaturated/α-hetero) is 1. The fourth-order valence-electron chi connectivity index (χ4n) is 1.48. The zero-order valence-corrected chi connectivity index (χ0v) is 12.3. The SMILES string of the molecule is CCN(CC(=O)c1ccc(Br)s1)CC(C)C#N. The normalized spacial score (nSPS) is 12.4. The second-order valence-electron chi connectivity index (χ2n) is 3.88. The Morgan fingerprint density at radius 2 is 2.35 bits per heavy atom. The third-order valence-electron chi connectivity index (χ3n) is 2.41. The van der Waals surface area contributed by atoms with Crippen LogP contribution >= 0.6 is 27.3 Å². The van der Waals surface area contributed by atoms with Crippen molar-refractivity contribution in [3.8, 4) is 6.07 Å². The number of hydrogen-bond donors (Lipinski definition) is 0. The quantitative estimate of drug-likeness (QED) is 0.757. The molecule has 1 aromatic rings. The summed E-state index contributed by atoms with van der Waals surface area (Å²) in [6.45, 7) is 5.68. The molecule has 0 aliphatic heterocycles. The van der Waals surface area contributed by atoms with Gasteiger partial charge >= 0.3 is 0 Å². The number of rotatable bonds is 6. The highest BCUT2D eigenvalue weighted by molar-refractivity contribution is 9.11. The van der Waals surface area contributed by atoms with E-state index in [0.29, 0.717) is 13.1 Å². The van der Waals surface area contributed by atoms with Crippen LogP contribution in [0, 0.1) is 17.2 Å². The predicted octanol–water partition coefficient (Wildman–Crippen LogP) is 3.17. The third-order valence-corrected chi connectivity index (χ3v) is 4.08. The number of nitriles is 1. The Labute approximate surface area is 114 Å². The summed E-state index contributed by atoms with van der Waals surface area (Å²) in [5.74, 6) is 0.0745. The van der Waals surface area contributed by atoms with Crippen molar-refractivity contribution >= 4 is 33.0 Å². The molecule has 92 valence electrons. The fourth-order valence-corrected chi connectivity index (χ4v) is 2.79. The maximum atomic E-state index is 12.0. The van der Waals surface area contributed by atoms with E-state index in [1.165, 1.54) is 11.3 Å². The number of halogens is 1. The molecule has 0 saturated heterocycles. The van der Waals surface area contributed by atoms with E-state index in [2.05, 4.69) is 22.0 Å². The highest BCUT2D eigenvalue weighted by Gasteiger charge is 2.15. The van der Waals surface area contributed by atoms with Crippen molar-refractivity contribution < 1.29 is 4.79 Å². The highest BCUT2D eigenvalue weighted by atomic mass is 79.9. The number of thiophene rings is 1. The molecule has 3 nitrogen and oxygen atoms in total. The lowest BCUT2D eigenvalue weighted by atomic mass is 10.2. The number of hydrogen-bond acceptors (Lipinski definition) is 4. The van der Waals surface area contributed by atoms with Crippen molar-refractivity contribution in [2.75, 3.05) is 19.6 Å². The predicted molar refractivity (Wildman–Crippen MR) is 73.2 cm³/mol. The van der Waals surface area contributed by atoms with Gasteiger partial charge in [-0.05, 0) is 41.5 Å². The topological polar surface area (TPSA) is 44.1 Å². The Balaban J connectivity index is 2.57. The second kappa shape index (κ2) is 6.90. The molecule has 0 fully saturated rings. The number of nitrogens with zero attached hydrogens (tertiary/aromatic N) is 2. The summed E-state index contributed by atoms with van der Waals surface area (Å²) in [6.07, 6.45) is 0. The monoisotopic (exact) mass is 314 g/mol. The fraction of sp³-hybridized carbons (Fsp3) is 0.500. The lowest BCUT2D eigenvalue weighted by molar-refractivity contribution is 0.0933. The first-order valence-electron chi connectivity index (χ1n) is 5.47. The first kappa shape index (κ1) is 14.4. The number of likely N-dealkylation sites (N-methyl/N-ethyl adjacent to an activating group) is 1. The molecular weight excluding hydrogens is 300 g/mol. The lowest BCUT2D eigenvalue weighted by Crippen LogP contribution is -2.33. The Kier molecular flexibility index (Phi) is 5.83. The van der Waals surface area contributed by atoms with Crippen molar-refractivity contribution in [3.05, 3.63) is 20.8 Å². The molecule has 0 N–H and O–H groups in total. The van der Waals surface area contributed by atoms with Crippen LogP contribution in [-0.2, 0) is 0 Å². The van der Waals surface area contributed by atoms with Crippen LogP contribution in [0.15, 0.2) is 15.9 Å². The summed E-state index contributed by atoms with van der Waals surface area (Å²) in [4.78, 5) is 14.7. The van der Waals surface area contributed by atoms with Gasteiger partial charge in [0.1, 0.15) is 0 Å². The van der Waals surface area contributed by atoms with Crippen molar-refractivity contribution in [1.29, 1.82) is 5.26 Å². The summed E-state index contributed by atoms with van der Waals surface area (Å²) in [5, 5.41) is 8.77. The molecular formula is C12H15BrN2OS. The van der Waals surface area contributed by atoms with Crippen LogP contribution < -0.4 is 0 Å². The van der Waals surface area contributed by atoms with Gasteiger partial charge in [0.25, 0.3) is 0 Å². The van der Waals surface area contributed by atoms with Crippen LogP contribution in [0.5, 0.6) is 0 Å². The molecule has 5 heteroatoms. The van der Waals surface area contributed by atoms with E-state index in [0.717, 1.165) is 15.2 Å². The lowest BCUT2D eigenvalue weighted by Gasteiger charge is -2.20. The molecule has 0 bridgehead atoms. The van der Waals surface area contributed by atoms with E-state index in [1.54, 1.807) is 0 Å². The number of ketones is 1. The van der Waals surface area contributed by atoms with Gasteiger partial charge in [0.2, 0.25) is 0 Å². The Bertz CT molecular complexity index is 424. The summed E-state index contributed by atoms with van der Waals surface area (Å²) < 4.78 is 0.967. The van der Waals surface area contributed by atoms with Gasteiger partial charge in [-0.15, -0.1) is 11.3 Å². The summed E-state index contributed by atoms with van der Waals surface area (Å²) >= 11 is 4.79. The van der Waals surface area contributed by atoms with Crippen LogP contribution in [0.4, 0.5) is 0 Å².